The van der Waals surface area contributed by atoms with Gasteiger partial charge in [0.25, 0.3) is 0 Å². The lowest BCUT2D eigenvalue weighted by molar-refractivity contribution is -0.105. The summed E-state index contributed by atoms with van der Waals surface area (Å²) in [5.74, 6) is 0.786. The van der Waals surface area contributed by atoms with Gasteiger partial charge in [-0.2, -0.15) is 8.42 Å². The zero-order chi connectivity index (χ0) is 13.0. The molecule has 1 unspecified atom stereocenters. The van der Waals surface area contributed by atoms with E-state index in [2.05, 4.69) is 0 Å². The smallest absolute Gasteiger partial charge is 0.306 e. The molecule has 0 bridgehead atoms. The predicted octanol–water partition coefficient (Wildman–Crippen LogP) is 1.93. The fourth-order valence-electron chi connectivity index (χ4n) is 1.73. The van der Waals surface area contributed by atoms with Crippen LogP contribution in [0.2, 0.25) is 0 Å². The highest BCUT2D eigenvalue weighted by atomic mass is 32.2. The van der Waals surface area contributed by atoms with Crippen molar-refractivity contribution in [2.45, 2.75) is 25.6 Å². The molecule has 100 valence electrons. The van der Waals surface area contributed by atoms with Gasteiger partial charge in [-0.05, 0) is 25.0 Å². The molecule has 5 nitrogen and oxygen atoms in total. The van der Waals surface area contributed by atoms with Crippen LogP contribution in [0.5, 0.6) is 11.5 Å². The Morgan fingerprint density at radius 2 is 2.06 bits per heavy atom. The van der Waals surface area contributed by atoms with Gasteiger partial charge in [0, 0.05) is 12.5 Å². The van der Waals surface area contributed by atoms with E-state index >= 15 is 0 Å². The van der Waals surface area contributed by atoms with Gasteiger partial charge in [0.05, 0.1) is 12.9 Å². The Bertz CT molecular complexity index is 491. The number of hydrogen-bond donors (Lipinski definition) is 0. The maximum atomic E-state index is 11.0. The first-order chi connectivity index (χ1) is 8.53. The molecule has 1 aromatic rings. The molecular weight excluding hydrogens is 256 g/mol. The van der Waals surface area contributed by atoms with Gasteiger partial charge in [0.1, 0.15) is 11.5 Å². The molecule has 1 saturated heterocycles. The minimum atomic E-state index is -3.51. The molecule has 1 atom stereocenters. The third-order valence-corrected chi connectivity index (χ3v) is 2.95. The molecule has 6 heteroatoms. The summed E-state index contributed by atoms with van der Waals surface area (Å²) in [7, 11) is -3.51. The first-order valence-corrected chi connectivity index (χ1v) is 7.62. The third-order valence-electron chi connectivity index (χ3n) is 2.46. The summed E-state index contributed by atoms with van der Waals surface area (Å²) < 4.78 is 37.9. The van der Waals surface area contributed by atoms with Crippen LogP contribution in [0.3, 0.4) is 0 Å². The predicted molar refractivity (Wildman–Crippen MR) is 66.1 cm³/mol. The van der Waals surface area contributed by atoms with Crippen LogP contribution >= 0.6 is 0 Å². The molecule has 1 heterocycles. The van der Waals surface area contributed by atoms with Crippen molar-refractivity contribution in [2.75, 3.05) is 12.9 Å². The van der Waals surface area contributed by atoms with Crippen LogP contribution in [-0.4, -0.2) is 27.6 Å². The van der Waals surface area contributed by atoms with E-state index in [-0.39, 0.29) is 12.0 Å². The molecule has 2 rings (SSSR count). The zero-order valence-electron chi connectivity index (χ0n) is 10.2. The van der Waals surface area contributed by atoms with Crippen molar-refractivity contribution in [3.05, 3.63) is 24.3 Å². The van der Waals surface area contributed by atoms with E-state index in [1.54, 1.807) is 24.3 Å². The summed E-state index contributed by atoms with van der Waals surface area (Å²) in [6.45, 7) is 0.699. The monoisotopic (exact) mass is 272 g/mol. The van der Waals surface area contributed by atoms with Crippen LogP contribution in [0.1, 0.15) is 19.3 Å². The molecule has 0 radical (unpaired) electrons. The van der Waals surface area contributed by atoms with Gasteiger partial charge in [0.15, 0.2) is 6.29 Å². The van der Waals surface area contributed by atoms with Crippen molar-refractivity contribution >= 4 is 10.1 Å². The highest BCUT2D eigenvalue weighted by Crippen LogP contribution is 2.24. The van der Waals surface area contributed by atoms with Crippen LogP contribution in [0.4, 0.5) is 0 Å². The van der Waals surface area contributed by atoms with Gasteiger partial charge in [-0.25, -0.2) is 0 Å². The van der Waals surface area contributed by atoms with E-state index < -0.39 is 10.1 Å². The zero-order valence-corrected chi connectivity index (χ0v) is 11.0. The Labute approximate surface area is 107 Å². The molecule has 0 amide bonds. The Morgan fingerprint density at radius 1 is 1.28 bits per heavy atom. The Hall–Kier alpha value is -1.27. The van der Waals surface area contributed by atoms with Crippen molar-refractivity contribution < 1.29 is 22.1 Å². The maximum absolute atomic E-state index is 11.0. The van der Waals surface area contributed by atoms with Crippen molar-refractivity contribution in [2.24, 2.45) is 0 Å². The second-order valence-electron chi connectivity index (χ2n) is 4.18. The van der Waals surface area contributed by atoms with E-state index in [0.29, 0.717) is 12.4 Å². The van der Waals surface area contributed by atoms with E-state index in [1.807, 2.05) is 0 Å². The molecule has 0 saturated carbocycles. The molecule has 0 N–H and O–H groups in total. The summed E-state index contributed by atoms with van der Waals surface area (Å²) in [6.07, 6.45) is 3.72. The summed E-state index contributed by atoms with van der Waals surface area (Å²) in [6, 6.07) is 6.53. The number of ether oxygens (including phenoxy) is 2. The number of hydrogen-bond acceptors (Lipinski definition) is 5. The SMILES string of the molecule is CS(=O)(=O)Oc1cccc(OC2CCCCO2)c1. The lowest BCUT2D eigenvalue weighted by Crippen LogP contribution is -2.24. The van der Waals surface area contributed by atoms with Crippen molar-refractivity contribution in [3.8, 4) is 11.5 Å². The quantitative estimate of drug-likeness (QED) is 0.784. The van der Waals surface area contributed by atoms with Crippen molar-refractivity contribution in [1.82, 2.24) is 0 Å². The van der Waals surface area contributed by atoms with Gasteiger partial charge in [-0.3, -0.25) is 0 Å². The summed E-state index contributed by atoms with van der Waals surface area (Å²) in [5.41, 5.74) is 0. The highest BCUT2D eigenvalue weighted by molar-refractivity contribution is 7.86. The molecule has 1 aliphatic heterocycles. The molecule has 1 fully saturated rings. The first kappa shape index (κ1) is 13.2. The Balaban J connectivity index is 2.02. The van der Waals surface area contributed by atoms with E-state index in [9.17, 15) is 8.42 Å². The average molecular weight is 272 g/mol. The summed E-state index contributed by atoms with van der Waals surface area (Å²) in [4.78, 5) is 0. The fraction of sp³-hybridized carbons (Fsp3) is 0.500. The van der Waals surface area contributed by atoms with Crippen LogP contribution in [0, 0.1) is 0 Å². The molecule has 0 aliphatic carbocycles. The number of benzene rings is 1. The lowest BCUT2D eigenvalue weighted by Gasteiger charge is -2.23. The minimum Gasteiger partial charge on any atom is -0.465 e. The summed E-state index contributed by atoms with van der Waals surface area (Å²) in [5, 5.41) is 0. The topological polar surface area (TPSA) is 61.8 Å². The van der Waals surface area contributed by atoms with E-state index in [0.717, 1.165) is 25.5 Å². The Morgan fingerprint density at radius 3 is 2.72 bits per heavy atom. The molecule has 1 aliphatic rings. The van der Waals surface area contributed by atoms with Gasteiger partial charge in [-0.1, -0.05) is 6.07 Å². The van der Waals surface area contributed by atoms with E-state index in [1.165, 1.54) is 0 Å². The normalized spacial score (nSPS) is 20.4. The largest absolute Gasteiger partial charge is 0.465 e. The molecule has 0 aromatic heterocycles. The molecular formula is C12H16O5S. The third kappa shape index (κ3) is 4.19. The van der Waals surface area contributed by atoms with Crippen molar-refractivity contribution in [3.63, 3.8) is 0 Å². The highest BCUT2D eigenvalue weighted by Gasteiger charge is 2.15. The minimum absolute atomic E-state index is 0.241. The van der Waals surface area contributed by atoms with Gasteiger partial charge in [0.2, 0.25) is 0 Å². The fourth-order valence-corrected chi connectivity index (χ4v) is 2.18. The van der Waals surface area contributed by atoms with E-state index in [4.69, 9.17) is 13.7 Å². The van der Waals surface area contributed by atoms with Crippen LogP contribution < -0.4 is 8.92 Å². The second kappa shape index (κ2) is 5.58. The van der Waals surface area contributed by atoms with Crippen LogP contribution in [0.15, 0.2) is 24.3 Å². The van der Waals surface area contributed by atoms with Crippen LogP contribution in [-0.2, 0) is 14.9 Å². The number of rotatable bonds is 4. The molecule has 18 heavy (non-hydrogen) atoms. The molecule has 1 aromatic carbocycles. The summed E-state index contributed by atoms with van der Waals surface area (Å²) >= 11 is 0. The maximum Gasteiger partial charge on any atom is 0.306 e. The standard InChI is InChI=1S/C12H16O5S/c1-18(13,14)17-11-6-4-5-10(9-11)16-12-7-2-3-8-15-12/h4-6,9,12H,2-3,7-8H2,1H3. The van der Waals surface area contributed by atoms with Gasteiger partial charge >= 0.3 is 10.1 Å². The lowest BCUT2D eigenvalue weighted by atomic mass is 10.2. The second-order valence-corrected chi connectivity index (χ2v) is 5.75. The van der Waals surface area contributed by atoms with Gasteiger partial charge in [-0.15, -0.1) is 0 Å². The average Bonchev–Trinajstić information content (AvgIpc) is 2.28. The van der Waals surface area contributed by atoms with Crippen molar-refractivity contribution in [1.29, 1.82) is 0 Å². The van der Waals surface area contributed by atoms with Gasteiger partial charge < -0.3 is 13.7 Å². The van der Waals surface area contributed by atoms with Crippen LogP contribution in [0.25, 0.3) is 0 Å². The first-order valence-electron chi connectivity index (χ1n) is 5.81. The Kier molecular flexibility index (Phi) is 4.08. The molecule has 0 spiro atoms.